The number of benzene rings is 2. The van der Waals surface area contributed by atoms with Crippen LogP contribution in [0.4, 0.5) is 4.39 Å². The Kier molecular flexibility index (Phi) is 5.27. The summed E-state index contributed by atoms with van der Waals surface area (Å²) < 4.78 is 35.8. The number of rotatable bonds is 4. The Hall–Kier alpha value is -2.08. The molecular formula is C19H14ClFNO2S-. The van der Waals surface area contributed by atoms with Crippen LogP contribution in [0.15, 0.2) is 54.7 Å². The predicted molar refractivity (Wildman–Crippen MR) is 97.4 cm³/mol. The van der Waals surface area contributed by atoms with Crippen molar-refractivity contribution in [3.05, 3.63) is 76.7 Å². The normalized spacial score (nSPS) is 12.2. The minimum atomic E-state index is -2.34. The number of hydrogen-bond acceptors (Lipinski definition) is 3. The van der Waals surface area contributed by atoms with Crippen molar-refractivity contribution >= 4 is 22.7 Å². The first-order chi connectivity index (χ1) is 12.0. The Morgan fingerprint density at radius 2 is 1.92 bits per heavy atom. The van der Waals surface area contributed by atoms with Gasteiger partial charge in [-0.3, -0.25) is 9.19 Å². The Morgan fingerprint density at radius 1 is 1.16 bits per heavy atom. The lowest BCUT2D eigenvalue weighted by atomic mass is 9.98. The molecule has 6 heteroatoms. The first kappa shape index (κ1) is 17.7. The van der Waals surface area contributed by atoms with Crippen LogP contribution in [0.1, 0.15) is 11.1 Å². The molecular weight excluding hydrogens is 361 g/mol. The molecule has 0 N–H and O–H groups in total. The van der Waals surface area contributed by atoms with Gasteiger partial charge in [-0.05, 0) is 41.8 Å². The SMILES string of the molecule is Cc1ccc(-c2cccnc2-c2ccc(CS(=O)[O-])c(F)c2)cc1Cl. The summed E-state index contributed by atoms with van der Waals surface area (Å²) in [6.45, 7) is 1.92. The van der Waals surface area contributed by atoms with Crippen molar-refractivity contribution in [2.75, 3.05) is 0 Å². The average Bonchev–Trinajstić information content (AvgIpc) is 2.59. The number of pyridine rings is 1. The molecule has 0 amide bonds. The fourth-order valence-corrected chi connectivity index (χ4v) is 3.24. The lowest BCUT2D eigenvalue weighted by Crippen LogP contribution is -1.98. The molecule has 1 heterocycles. The summed E-state index contributed by atoms with van der Waals surface area (Å²) in [6, 6.07) is 13.9. The van der Waals surface area contributed by atoms with Gasteiger partial charge in [-0.1, -0.05) is 53.0 Å². The molecule has 1 unspecified atom stereocenters. The smallest absolute Gasteiger partial charge is 0.127 e. The molecule has 0 aliphatic rings. The Morgan fingerprint density at radius 3 is 2.60 bits per heavy atom. The van der Waals surface area contributed by atoms with Crippen molar-refractivity contribution in [2.45, 2.75) is 12.7 Å². The van der Waals surface area contributed by atoms with Crippen LogP contribution in [-0.4, -0.2) is 13.7 Å². The molecule has 0 spiro atoms. The highest BCUT2D eigenvalue weighted by molar-refractivity contribution is 7.78. The van der Waals surface area contributed by atoms with Crippen LogP contribution in [0.3, 0.4) is 0 Å². The van der Waals surface area contributed by atoms with Crippen molar-refractivity contribution in [1.82, 2.24) is 4.98 Å². The molecule has 0 radical (unpaired) electrons. The third-order valence-electron chi connectivity index (χ3n) is 3.89. The summed E-state index contributed by atoms with van der Waals surface area (Å²) >= 11 is 3.88. The lowest BCUT2D eigenvalue weighted by Gasteiger charge is -2.12. The molecule has 3 nitrogen and oxygen atoms in total. The zero-order valence-corrected chi connectivity index (χ0v) is 14.9. The molecule has 3 rings (SSSR count). The van der Waals surface area contributed by atoms with Crippen LogP contribution in [0, 0.1) is 12.7 Å². The van der Waals surface area contributed by atoms with Gasteiger partial charge < -0.3 is 4.55 Å². The van der Waals surface area contributed by atoms with E-state index in [0.29, 0.717) is 16.3 Å². The van der Waals surface area contributed by atoms with Gasteiger partial charge in [0, 0.05) is 28.1 Å². The number of aryl methyl sites for hydroxylation is 1. The summed E-state index contributed by atoms with van der Waals surface area (Å²) in [7, 11) is 0. The second-order valence-electron chi connectivity index (χ2n) is 5.62. The number of aromatic nitrogens is 1. The van der Waals surface area contributed by atoms with E-state index in [1.54, 1.807) is 18.3 Å². The van der Waals surface area contributed by atoms with Gasteiger partial charge in [0.1, 0.15) is 5.82 Å². The molecule has 2 aromatic carbocycles. The third kappa shape index (κ3) is 3.95. The van der Waals surface area contributed by atoms with Crippen molar-refractivity contribution in [1.29, 1.82) is 0 Å². The van der Waals surface area contributed by atoms with E-state index in [4.69, 9.17) is 11.6 Å². The molecule has 128 valence electrons. The molecule has 0 saturated carbocycles. The van der Waals surface area contributed by atoms with E-state index in [1.807, 2.05) is 31.2 Å². The van der Waals surface area contributed by atoms with Gasteiger partial charge in [0.15, 0.2) is 0 Å². The molecule has 0 aliphatic carbocycles. The van der Waals surface area contributed by atoms with E-state index < -0.39 is 16.9 Å². The van der Waals surface area contributed by atoms with Crippen molar-refractivity contribution in [2.24, 2.45) is 0 Å². The van der Waals surface area contributed by atoms with Gasteiger partial charge >= 0.3 is 0 Å². The van der Waals surface area contributed by atoms with Crippen molar-refractivity contribution in [3.8, 4) is 22.4 Å². The van der Waals surface area contributed by atoms with Gasteiger partial charge in [-0.15, -0.1) is 0 Å². The Bertz CT molecular complexity index is 962. The summed E-state index contributed by atoms with van der Waals surface area (Å²) in [4.78, 5) is 4.38. The van der Waals surface area contributed by atoms with E-state index >= 15 is 0 Å². The average molecular weight is 375 g/mol. The van der Waals surface area contributed by atoms with E-state index in [0.717, 1.165) is 16.7 Å². The fraction of sp³-hybridized carbons (Fsp3) is 0.105. The van der Waals surface area contributed by atoms with E-state index in [-0.39, 0.29) is 11.3 Å². The van der Waals surface area contributed by atoms with Crippen molar-refractivity contribution in [3.63, 3.8) is 0 Å². The molecule has 1 atom stereocenters. The Balaban J connectivity index is 2.08. The van der Waals surface area contributed by atoms with Gasteiger partial charge in [0.05, 0.1) is 5.69 Å². The minimum Gasteiger partial charge on any atom is -0.772 e. The second-order valence-corrected chi connectivity index (χ2v) is 6.92. The van der Waals surface area contributed by atoms with Gasteiger partial charge in [-0.2, -0.15) is 0 Å². The maximum absolute atomic E-state index is 14.2. The van der Waals surface area contributed by atoms with E-state index in [1.165, 1.54) is 12.1 Å². The highest BCUT2D eigenvalue weighted by Gasteiger charge is 2.12. The molecule has 3 aromatic rings. The molecule has 0 aliphatic heterocycles. The maximum Gasteiger partial charge on any atom is 0.127 e. The van der Waals surface area contributed by atoms with Crippen LogP contribution in [0.2, 0.25) is 5.02 Å². The summed E-state index contributed by atoms with van der Waals surface area (Å²) in [6.07, 6.45) is 1.63. The topological polar surface area (TPSA) is 53.0 Å². The van der Waals surface area contributed by atoms with E-state index in [2.05, 4.69) is 4.98 Å². The lowest BCUT2D eigenvalue weighted by molar-refractivity contribution is 0.533. The molecule has 25 heavy (non-hydrogen) atoms. The van der Waals surface area contributed by atoms with Gasteiger partial charge in [0.2, 0.25) is 0 Å². The second kappa shape index (κ2) is 7.44. The zero-order chi connectivity index (χ0) is 18.0. The van der Waals surface area contributed by atoms with Crippen molar-refractivity contribution < 1.29 is 13.2 Å². The largest absolute Gasteiger partial charge is 0.772 e. The molecule has 0 bridgehead atoms. The predicted octanol–water partition coefficient (Wildman–Crippen LogP) is 4.90. The summed E-state index contributed by atoms with van der Waals surface area (Å²) in [5.41, 5.74) is 3.99. The van der Waals surface area contributed by atoms with Crippen LogP contribution in [0.5, 0.6) is 0 Å². The van der Waals surface area contributed by atoms with E-state index in [9.17, 15) is 13.2 Å². The first-order valence-electron chi connectivity index (χ1n) is 7.52. The number of hydrogen-bond donors (Lipinski definition) is 0. The number of nitrogens with zero attached hydrogens (tertiary/aromatic N) is 1. The summed E-state index contributed by atoms with van der Waals surface area (Å²) in [5, 5.41) is 0.645. The first-order valence-corrected chi connectivity index (χ1v) is 9.14. The number of halogens is 2. The van der Waals surface area contributed by atoms with Crippen LogP contribution < -0.4 is 0 Å². The van der Waals surface area contributed by atoms with Gasteiger partial charge in [0.25, 0.3) is 0 Å². The van der Waals surface area contributed by atoms with Crippen LogP contribution in [-0.2, 0) is 16.8 Å². The monoisotopic (exact) mass is 374 g/mol. The zero-order valence-electron chi connectivity index (χ0n) is 13.3. The molecule has 1 aromatic heterocycles. The van der Waals surface area contributed by atoms with Gasteiger partial charge in [-0.25, -0.2) is 4.39 Å². The standard InChI is InChI=1S/C19H15ClFNO2S/c1-12-4-5-13(9-17(12)20)16-3-2-8-22-19(16)14-6-7-15(11-25(23)24)18(21)10-14/h2-10H,11H2,1H3,(H,23,24)/p-1. The third-order valence-corrected chi connectivity index (χ3v) is 4.84. The highest BCUT2D eigenvalue weighted by Crippen LogP contribution is 2.33. The molecule has 0 fully saturated rings. The summed E-state index contributed by atoms with van der Waals surface area (Å²) in [5.74, 6) is -0.922. The minimum absolute atomic E-state index is 0.132. The quantitative estimate of drug-likeness (QED) is 0.610. The van der Waals surface area contributed by atoms with Crippen LogP contribution >= 0.6 is 11.6 Å². The van der Waals surface area contributed by atoms with Crippen LogP contribution in [0.25, 0.3) is 22.4 Å². The maximum atomic E-state index is 14.2. The Labute approximate surface area is 152 Å². The fourth-order valence-electron chi connectivity index (χ4n) is 2.57. The molecule has 0 saturated heterocycles. The highest BCUT2D eigenvalue weighted by atomic mass is 35.5.